The molecule has 12 heavy (non-hydrogen) atoms. The summed E-state index contributed by atoms with van der Waals surface area (Å²) in [5.41, 5.74) is 1.99. The first-order valence-electron chi connectivity index (χ1n) is 4.27. The van der Waals surface area contributed by atoms with Crippen LogP contribution in [0.4, 0.5) is 5.69 Å². The second-order valence-corrected chi connectivity index (χ2v) is 3.00. The Bertz CT molecular complexity index is 222. The standard InChI is InChI=1S/C8H14ClN3/c1-2-3-4-5-7-8(11-9)6-10-12-7/h6,11H,2-5H2,1H3,(H,10,12). The fraction of sp³-hybridized carbons (Fsp3) is 0.625. The van der Waals surface area contributed by atoms with Gasteiger partial charge in [0.1, 0.15) is 0 Å². The van der Waals surface area contributed by atoms with Crippen LogP contribution in [0.1, 0.15) is 31.9 Å². The van der Waals surface area contributed by atoms with E-state index in [0.717, 1.165) is 17.8 Å². The number of aromatic nitrogens is 2. The van der Waals surface area contributed by atoms with Gasteiger partial charge in [-0.05, 0) is 12.8 Å². The molecule has 0 amide bonds. The molecule has 0 aliphatic carbocycles. The summed E-state index contributed by atoms with van der Waals surface area (Å²) in [5.74, 6) is 0. The number of nitrogens with zero attached hydrogens (tertiary/aromatic N) is 1. The Labute approximate surface area is 77.6 Å². The second-order valence-electron chi connectivity index (χ2n) is 2.81. The van der Waals surface area contributed by atoms with Gasteiger partial charge in [0.05, 0.1) is 17.6 Å². The van der Waals surface area contributed by atoms with Crippen molar-refractivity contribution in [2.45, 2.75) is 32.6 Å². The molecule has 1 aromatic rings. The lowest BCUT2D eigenvalue weighted by Gasteiger charge is -1.99. The van der Waals surface area contributed by atoms with E-state index in [1.165, 1.54) is 19.3 Å². The molecule has 0 saturated heterocycles. The minimum atomic E-state index is 0.896. The van der Waals surface area contributed by atoms with Crippen LogP contribution < -0.4 is 4.84 Å². The molecule has 0 atom stereocenters. The lowest BCUT2D eigenvalue weighted by molar-refractivity contribution is 0.706. The maximum Gasteiger partial charge on any atom is 0.0900 e. The molecule has 0 aliphatic heterocycles. The van der Waals surface area contributed by atoms with Gasteiger partial charge in [-0.3, -0.25) is 9.93 Å². The number of nitrogens with one attached hydrogen (secondary N) is 2. The van der Waals surface area contributed by atoms with Crippen LogP contribution in [0.15, 0.2) is 6.20 Å². The predicted octanol–water partition coefficient (Wildman–Crippen LogP) is 2.71. The van der Waals surface area contributed by atoms with E-state index < -0.39 is 0 Å². The van der Waals surface area contributed by atoms with Gasteiger partial charge in [0, 0.05) is 11.8 Å². The topological polar surface area (TPSA) is 40.7 Å². The number of rotatable bonds is 5. The highest BCUT2D eigenvalue weighted by atomic mass is 35.5. The van der Waals surface area contributed by atoms with Gasteiger partial charge >= 0.3 is 0 Å². The van der Waals surface area contributed by atoms with E-state index in [9.17, 15) is 0 Å². The van der Waals surface area contributed by atoms with E-state index in [1.807, 2.05) is 0 Å². The SMILES string of the molecule is CCCCCc1[nH]ncc1NCl. The van der Waals surface area contributed by atoms with Gasteiger partial charge in [0.2, 0.25) is 0 Å². The molecule has 0 aliphatic rings. The third kappa shape index (κ3) is 2.41. The van der Waals surface area contributed by atoms with Crippen LogP contribution in [-0.4, -0.2) is 10.2 Å². The first-order chi connectivity index (χ1) is 5.88. The number of hydrogen-bond acceptors (Lipinski definition) is 2. The number of halogens is 1. The van der Waals surface area contributed by atoms with Crippen molar-refractivity contribution in [3.05, 3.63) is 11.9 Å². The summed E-state index contributed by atoms with van der Waals surface area (Å²) < 4.78 is 0. The molecule has 0 bridgehead atoms. The number of anilines is 1. The molecule has 0 spiro atoms. The van der Waals surface area contributed by atoms with Gasteiger partial charge in [-0.1, -0.05) is 19.8 Å². The highest BCUT2D eigenvalue weighted by molar-refractivity contribution is 6.24. The molecule has 0 radical (unpaired) electrons. The molecule has 0 aromatic carbocycles. The van der Waals surface area contributed by atoms with Gasteiger partial charge in [-0.2, -0.15) is 5.10 Å². The fourth-order valence-corrected chi connectivity index (χ4v) is 1.30. The fourth-order valence-electron chi connectivity index (χ4n) is 1.14. The number of aromatic amines is 1. The van der Waals surface area contributed by atoms with Crippen LogP contribution in [0.5, 0.6) is 0 Å². The van der Waals surface area contributed by atoms with E-state index in [-0.39, 0.29) is 0 Å². The Morgan fingerprint density at radius 1 is 1.58 bits per heavy atom. The zero-order valence-corrected chi connectivity index (χ0v) is 7.99. The van der Waals surface area contributed by atoms with Gasteiger partial charge in [0.15, 0.2) is 0 Å². The van der Waals surface area contributed by atoms with Gasteiger partial charge in [0.25, 0.3) is 0 Å². The third-order valence-corrected chi connectivity index (χ3v) is 2.05. The molecule has 1 aromatic heterocycles. The largest absolute Gasteiger partial charge is 0.295 e. The average Bonchev–Trinajstić information content (AvgIpc) is 2.52. The Morgan fingerprint density at radius 2 is 2.42 bits per heavy atom. The van der Waals surface area contributed by atoms with E-state index in [2.05, 4.69) is 22.0 Å². The summed E-state index contributed by atoms with van der Waals surface area (Å²) in [6, 6.07) is 0. The van der Waals surface area contributed by atoms with Crippen LogP contribution in [0.25, 0.3) is 0 Å². The Morgan fingerprint density at radius 3 is 3.08 bits per heavy atom. The monoisotopic (exact) mass is 187 g/mol. The van der Waals surface area contributed by atoms with Crippen molar-refractivity contribution in [3.8, 4) is 0 Å². The molecule has 3 nitrogen and oxygen atoms in total. The number of H-pyrrole nitrogens is 1. The van der Waals surface area contributed by atoms with Crippen LogP contribution in [-0.2, 0) is 6.42 Å². The quantitative estimate of drug-likeness (QED) is 0.550. The molecule has 0 saturated carbocycles. The first kappa shape index (κ1) is 9.39. The normalized spacial score (nSPS) is 10.2. The molecular formula is C8H14ClN3. The zero-order valence-electron chi connectivity index (χ0n) is 7.23. The molecule has 1 heterocycles. The average molecular weight is 188 g/mol. The van der Waals surface area contributed by atoms with Gasteiger partial charge in [-0.25, -0.2) is 0 Å². The van der Waals surface area contributed by atoms with Crippen LogP contribution in [0.3, 0.4) is 0 Å². The second kappa shape index (κ2) is 5.04. The van der Waals surface area contributed by atoms with Crippen LogP contribution in [0.2, 0.25) is 0 Å². The van der Waals surface area contributed by atoms with E-state index in [1.54, 1.807) is 6.20 Å². The van der Waals surface area contributed by atoms with Crippen molar-refractivity contribution in [1.29, 1.82) is 0 Å². The van der Waals surface area contributed by atoms with Gasteiger partial charge in [-0.15, -0.1) is 0 Å². The summed E-state index contributed by atoms with van der Waals surface area (Å²) >= 11 is 5.48. The summed E-state index contributed by atoms with van der Waals surface area (Å²) in [7, 11) is 0. The predicted molar refractivity (Wildman–Crippen MR) is 51.3 cm³/mol. The smallest absolute Gasteiger partial charge is 0.0900 e. The summed E-state index contributed by atoms with van der Waals surface area (Å²) in [6.45, 7) is 2.19. The Balaban J connectivity index is 2.39. The van der Waals surface area contributed by atoms with Crippen molar-refractivity contribution >= 4 is 17.5 Å². The highest BCUT2D eigenvalue weighted by Crippen LogP contribution is 2.15. The molecular weight excluding hydrogens is 174 g/mol. The van der Waals surface area contributed by atoms with Crippen LogP contribution >= 0.6 is 11.8 Å². The number of unbranched alkanes of at least 4 members (excludes halogenated alkanes) is 2. The first-order valence-corrected chi connectivity index (χ1v) is 4.65. The Hall–Kier alpha value is -0.700. The molecule has 4 heteroatoms. The molecule has 1 rings (SSSR count). The van der Waals surface area contributed by atoms with Gasteiger partial charge < -0.3 is 0 Å². The van der Waals surface area contributed by atoms with Crippen molar-refractivity contribution < 1.29 is 0 Å². The van der Waals surface area contributed by atoms with E-state index in [4.69, 9.17) is 11.8 Å². The highest BCUT2D eigenvalue weighted by Gasteiger charge is 2.02. The zero-order chi connectivity index (χ0) is 8.81. The van der Waals surface area contributed by atoms with Crippen molar-refractivity contribution in [3.63, 3.8) is 0 Å². The van der Waals surface area contributed by atoms with Crippen molar-refractivity contribution in [1.82, 2.24) is 10.2 Å². The molecule has 2 N–H and O–H groups in total. The summed E-state index contributed by atoms with van der Waals surface area (Å²) in [4.78, 5) is 2.58. The maximum atomic E-state index is 5.48. The lowest BCUT2D eigenvalue weighted by atomic mass is 10.1. The summed E-state index contributed by atoms with van der Waals surface area (Å²) in [5, 5.41) is 6.82. The van der Waals surface area contributed by atoms with Crippen LogP contribution in [0, 0.1) is 0 Å². The molecule has 68 valence electrons. The lowest BCUT2D eigenvalue weighted by Crippen LogP contribution is -1.89. The maximum absolute atomic E-state index is 5.48. The summed E-state index contributed by atoms with van der Waals surface area (Å²) in [6.07, 6.45) is 6.39. The number of aryl methyl sites for hydroxylation is 1. The minimum Gasteiger partial charge on any atom is -0.295 e. The minimum absolute atomic E-state index is 0.896. The van der Waals surface area contributed by atoms with Crippen molar-refractivity contribution in [2.75, 3.05) is 4.84 Å². The van der Waals surface area contributed by atoms with Crippen molar-refractivity contribution in [2.24, 2.45) is 0 Å². The molecule has 0 fully saturated rings. The third-order valence-electron chi connectivity index (χ3n) is 1.85. The number of hydrogen-bond donors (Lipinski definition) is 2. The van der Waals surface area contributed by atoms with E-state index in [0.29, 0.717) is 0 Å². The Kier molecular flexibility index (Phi) is 3.94. The molecule has 0 unspecified atom stereocenters. The van der Waals surface area contributed by atoms with E-state index >= 15 is 0 Å².